The quantitative estimate of drug-likeness (QED) is 0.889. The Morgan fingerprint density at radius 3 is 3.00 bits per heavy atom. The third-order valence-electron chi connectivity index (χ3n) is 3.73. The lowest BCUT2D eigenvalue weighted by atomic mass is 9.84. The number of hydrogen-bond donors (Lipinski definition) is 2. The van der Waals surface area contributed by atoms with E-state index in [1.807, 2.05) is 0 Å². The Hall–Kier alpha value is -1.36. The van der Waals surface area contributed by atoms with Crippen LogP contribution in [0.1, 0.15) is 49.4 Å². The van der Waals surface area contributed by atoms with Gasteiger partial charge in [-0.25, -0.2) is 0 Å². The van der Waals surface area contributed by atoms with E-state index in [9.17, 15) is 4.79 Å². The number of halogens is 1. The maximum absolute atomic E-state index is 11.4. The first-order chi connectivity index (χ1) is 9.10. The molecule has 0 aliphatic heterocycles. The fourth-order valence-corrected chi connectivity index (χ4v) is 2.80. The molecule has 1 amide bonds. The Labute approximate surface area is 117 Å². The molecule has 1 aliphatic rings. The molecule has 104 valence electrons. The number of nitrogens with one attached hydrogen (secondary N) is 1. The summed E-state index contributed by atoms with van der Waals surface area (Å²) in [6, 6.07) is 1.78. The van der Waals surface area contributed by atoms with Crippen LogP contribution in [0, 0.1) is 5.92 Å². The normalized spacial score (nSPS) is 23.1. The van der Waals surface area contributed by atoms with E-state index in [2.05, 4.69) is 22.4 Å². The second kappa shape index (κ2) is 6.19. The molecule has 2 rings (SSSR count). The Kier molecular flexibility index (Phi) is 4.58. The van der Waals surface area contributed by atoms with Gasteiger partial charge in [-0.1, -0.05) is 37.8 Å². The highest BCUT2D eigenvalue weighted by Gasteiger charge is 2.22. The summed E-state index contributed by atoms with van der Waals surface area (Å²) in [5.41, 5.74) is 5.64. The van der Waals surface area contributed by atoms with Gasteiger partial charge >= 0.3 is 0 Å². The van der Waals surface area contributed by atoms with Crippen molar-refractivity contribution in [2.45, 2.75) is 45.1 Å². The van der Waals surface area contributed by atoms with Crippen molar-refractivity contribution in [3.05, 3.63) is 16.8 Å². The molecule has 2 atom stereocenters. The van der Waals surface area contributed by atoms with E-state index in [1.165, 1.54) is 25.3 Å². The minimum Gasteiger partial charge on any atom is -0.365 e. The first-order valence-electron chi connectivity index (χ1n) is 6.69. The SMILES string of the molecule is CCC1CCCC(Nc2nnc(Cl)cc2C(N)=O)C1. The molecule has 3 N–H and O–H groups in total. The summed E-state index contributed by atoms with van der Waals surface area (Å²) in [5, 5.41) is 11.2. The summed E-state index contributed by atoms with van der Waals surface area (Å²) in [4.78, 5) is 11.4. The molecule has 6 heteroatoms. The number of rotatable bonds is 4. The van der Waals surface area contributed by atoms with E-state index in [1.54, 1.807) is 0 Å². The summed E-state index contributed by atoms with van der Waals surface area (Å²) in [6.45, 7) is 2.21. The first-order valence-corrected chi connectivity index (χ1v) is 7.07. The maximum atomic E-state index is 11.4. The van der Waals surface area contributed by atoms with Crippen molar-refractivity contribution >= 4 is 23.3 Å². The molecule has 1 aromatic rings. The van der Waals surface area contributed by atoms with Crippen LogP contribution in [0.2, 0.25) is 5.15 Å². The molecule has 1 saturated carbocycles. The van der Waals surface area contributed by atoms with Crippen molar-refractivity contribution in [1.29, 1.82) is 0 Å². The standard InChI is InChI=1S/C13H19ClN4O/c1-2-8-4-3-5-9(6-8)16-13-10(12(15)19)7-11(14)17-18-13/h7-9H,2-6H2,1H3,(H2,15,19)(H,16,18). The van der Waals surface area contributed by atoms with Gasteiger partial charge in [0, 0.05) is 6.04 Å². The summed E-state index contributed by atoms with van der Waals surface area (Å²) in [5.74, 6) is 0.643. The summed E-state index contributed by atoms with van der Waals surface area (Å²) < 4.78 is 0. The fourth-order valence-electron chi connectivity index (χ4n) is 2.65. The lowest BCUT2D eigenvalue weighted by molar-refractivity contribution is 0.100. The summed E-state index contributed by atoms with van der Waals surface area (Å²) >= 11 is 5.74. The minimum absolute atomic E-state index is 0.175. The van der Waals surface area contributed by atoms with Crippen LogP contribution < -0.4 is 11.1 Å². The zero-order chi connectivity index (χ0) is 13.8. The number of aromatic nitrogens is 2. The number of anilines is 1. The predicted molar refractivity (Wildman–Crippen MR) is 75.2 cm³/mol. The highest BCUT2D eigenvalue weighted by Crippen LogP contribution is 2.29. The van der Waals surface area contributed by atoms with Gasteiger partial charge in [-0.2, -0.15) is 0 Å². The van der Waals surface area contributed by atoms with Gasteiger partial charge in [0.2, 0.25) is 0 Å². The lowest BCUT2D eigenvalue weighted by Gasteiger charge is -2.29. The van der Waals surface area contributed by atoms with Gasteiger partial charge in [-0.05, 0) is 24.8 Å². The van der Waals surface area contributed by atoms with Crippen molar-refractivity contribution in [1.82, 2.24) is 10.2 Å². The van der Waals surface area contributed by atoms with Crippen LogP contribution in [0.4, 0.5) is 5.82 Å². The smallest absolute Gasteiger partial charge is 0.252 e. The van der Waals surface area contributed by atoms with Gasteiger partial charge in [0.15, 0.2) is 11.0 Å². The van der Waals surface area contributed by atoms with Crippen molar-refractivity contribution in [2.24, 2.45) is 11.7 Å². The van der Waals surface area contributed by atoms with Crippen molar-refractivity contribution in [3.8, 4) is 0 Å². The molecule has 2 unspecified atom stereocenters. The third-order valence-corrected chi connectivity index (χ3v) is 3.92. The Morgan fingerprint density at radius 1 is 1.53 bits per heavy atom. The number of nitrogens with two attached hydrogens (primary N) is 1. The van der Waals surface area contributed by atoms with Crippen LogP contribution in [-0.4, -0.2) is 22.1 Å². The van der Waals surface area contributed by atoms with Crippen LogP contribution >= 0.6 is 11.6 Å². The van der Waals surface area contributed by atoms with Gasteiger partial charge in [-0.3, -0.25) is 4.79 Å². The number of carbonyl (C=O) groups is 1. The van der Waals surface area contributed by atoms with E-state index >= 15 is 0 Å². The number of hydrogen-bond acceptors (Lipinski definition) is 4. The van der Waals surface area contributed by atoms with E-state index in [0.717, 1.165) is 18.8 Å². The Balaban J connectivity index is 2.12. The molecule has 19 heavy (non-hydrogen) atoms. The molecular formula is C13H19ClN4O. The topological polar surface area (TPSA) is 80.9 Å². The highest BCUT2D eigenvalue weighted by molar-refractivity contribution is 6.29. The second-order valence-corrected chi connectivity index (χ2v) is 5.46. The fraction of sp³-hybridized carbons (Fsp3) is 0.615. The molecule has 0 radical (unpaired) electrons. The van der Waals surface area contributed by atoms with Crippen LogP contribution in [0.15, 0.2) is 6.07 Å². The van der Waals surface area contributed by atoms with Crippen LogP contribution in [0.5, 0.6) is 0 Å². The van der Waals surface area contributed by atoms with Gasteiger partial charge in [-0.15, -0.1) is 10.2 Å². The lowest BCUT2D eigenvalue weighted by Crippen LogP contribution is -2.29. The summed E-state index contributed by atoms with van der Waals surface area (Å²) in [6.07, 6.45) is 5.85. The molecular weight excluding hydrogens is 264 g/mol. The minimum atomic E-state index is -0.540. The molecule has 1 heterocycles. The van der Waals surface area contributed by atoms with Crippen molar-refractivity contribution < 1.29 is 4.79 Å². The van der Waals surface area contributed by atoms with Gasteiger partial charge in [0.05, 0.1) is 5.56 Å². The van der Waals surface area contributed by atoms with Crippen LogP contribution in [-0.2, 0) is 0 Å². The summed E-state index contributed by atoms with van der Waals surface area (Å²) in [7, 11) is 0. The predicted octanol–water partition coefficient (Wildman–Crippen LogP) is 2.61. The average molecular weight is 283 g/mol. The molecule has 0 saturated heterocycles. The van der Waals surface area contributed by atoms with Gasteiger partial charge in [0.25, 0.3) is 5.91 Å². The molecule has 1 fully saturated rings. The Morgan fingerprint density at radius 2 is 2.32 bits per heavy atom. The molecule has 0 bridgehead atoms. The first kappa shape index (κ1) is 14.1. The van der Waals surface area contributed by atoms with Crippen LogP contribution in [0.3, 0.4) is 0 Å². The zero-order valence-electron chi connectivity index (χ0n) is 11.0. The number of primary amides is 1. The van der Waals surface area contributed by atoms with Crippen molar-refractivity contribution in [2.75, 3.05) is 5.32 Å². The van der Waals surface area contributed by atoms with Gasteiger partial charge in [0.1, 0.15) is 0 Å². The largest absolute Gasteiger partial charge is 0.365 e. The zero-order valence-corrected chi connectivity index (χ0v) is 11.8. The third kappa shape index (κ3) is 3.56. The number of amides is 1. The van der Waals surface area contributed by atoms with Crippen LogP contribution in [0.25, 0.3) is 0 Å². The molecule has 0 aromatic carbocycles. The second-order valence-electron chi connectivity index (χ2n) is 5.08. The van der Waals surface area contributed by atoms with E-state index in [-0.39, 0.29) is 5.15 Å². The van der Waals surface area contributed by atoms with Gasteiger partial charge < -0.3 is 11.1 Å². The van der Waals surface area contributed by atoms with E-state index < -0.39 is 5.91 Å². The Bertz CT molecular complexity index is 466. The average Bonchev–Trinajstić information content (AvgIpc) is 2.41. The van der Waals surface area contributed by atoms with Crippen molar-refractivity contribution in [3.63, 3.8) is 0 Å². The molecule has 0 spiro atoms. The maximum Gasteiger partial charge on any atom is 0.252 e. The highest BCUT2D eigenvalue weighted by atomic mass is 35.5. The molecule has 5 nitrogen and oxygen atoms in total. The molecule has 1 aromatic heterocycles. The van der Waals surface area contributed by atoms with E-state index in [0.29, 0.717) is 17.4 Å². The molecule has 1 aliphatic carbocycles. The monoisotopic (exact) mass is 282 g/mol. The van der Waals surface area contributed by atoms with E-state index in [4.69, 9.17) is 17.3 Å². The number of nitrogens with zero attached hydrogens (tertiary/aromatic N) is 2. The number of carbonyl (C=O) groups excluding carboxylic acids is 1.